The average molecular weight is 357 g/mol. The number of carboxylic acid groups (broad SMARTS) is 2. The minimum atomic E-state index is -1.88. The van der Waals surface area contributed by atoms with Crippen LogP contribution in [0.2, 0.25) is 0 Å². The Morgan fingerprint density at radius 3 is 2.00 bits per heavy atom. The van der Waals surface area contributed by atoms with Crippen molar-refractivity contribution in [3.63, 3.8) is 0 Å². The molecule has 1 amide bonds. The molecule has 0 radical (unpaired) electrons. The number of aliphatic hydroxyl groups excluding tert-OH is 1. The molecule has 2 rings (SSSR count). The van der Waals surface area contributed by atoms with Crippen molar-refractivity contribution in [3.8, 4) is 0 Å². The van der Waals surface area contributed by atoms with Crippen LogP contribution < -0.4 is 5.32 Å². The van der Waals surface area contributed by atoms with Gasteiger partial charge in [-0.1, -0.05) is 13.8 Å². The minimum absolute atomic E-state index is 0.284. The highest BCUT2D eigenvalue weighted by Crippen LogP contribution is 2.71. The van der Waals surface area contributed by atoms with Gasteiger partial charge in [0.1, 0.15) is 5.60 Å². The van der Waals surface area contributed by atoms with E-state index in [9.17, 15) is 29.7 Å². The Morgan fingerprint density at radius 2 is 1.64 bits per heavy atom. The molecule has 0 aromatic rings. The zero-order valence-corrected chi connectivity index (χ0v) is 15.2. The predicted molar refractivity (Wildman–Crippen MR) is 86.9 cm³/mol. The fourth-order valence-corrected chi connectivity index (χ4v) is 4.84. The maximum absolute atomic E-state index is 12.4. The van der Waals surface area contributed by atoms with Gasteiger partial charge in [0.25, 0.3) is 0 Å². The molecule has 5 atom stereocenters. The lowest BCUT2D eigenvalue weighted by atomic mass is 9.63. The molecular weight excluding hydrogens is 330 g/mol. The number of carbonyl (C=O) groups excluding carboxylic acids is 1. The fourth-order valence-electron chi connectivity index (χ4n) is 4.84. The monoisotopic (exact) mass is 357 g/mol. The van der Waals surface area contributed by atoms with Gasteiger partial charge in [-0.3, -0.25) is 4.79 Å². The van der Waals surface area contributed by atoms with Crippen LogP contribution in [0.3, 0.4) is 0 Å². The summed E-state index contributed by atoms with van der Waals surface area (Å²) in [6.45, 7) is 8.42. The zero-order chi connectivity index (χ0) is 19.4. The van der Waals surface area contributed by atoms with Crippen LogP contribution >= 0.6 is 0 Å². The summed E-state index contributed by atoms with van der Waals surface area (Å²) in [4.78, 5) is 36.2. The minimum Gasteiger partial charge on any atom is -0.481 e. The molecule has 142 valence electrons. The van der Waals surface area contributed by atoms with Gasteiger partial charge in [0, 0.05) is 17.3 Å². The summed E-state index contributed by atoms with van der Waals surface area (Å²) in [5.41, 5.74) is -3.87. The molecule has 4 N–H and O–H groups in total. The van der Waals surface area contributed by atoms with Crippen LogP contribution in [-0.4, -0.2) is 50.6 Å². The summed E-state index contributed by atoms with van der Waals surface area (Å²) in [7, 11) is 0. The Kier molecular flexibility index (Phi) is 4.57. The molecular formula is C17H27NO7. The predicted octanol–water partition coefficient (Wildman–Crippen LogP) is 1.46. The smallest absolute Gasteiger partial charge is 0.408 e. The fraction of sp³-hybridized carbons (Fsp3) is 0.824. The number of fused-ring (bicyclic) bond motifs is 1. The summed E-state index contributed by atoms with van der Waals surface area (Å²) < 4.78 is 5.21. The number of carbonyl (C=O) groups is 3. The van der Waals surface area contributed by atoms with Crippen molar-refractivity contribution in [3.05, 3.63) is 0 Å². The Bertz CT molecular complexity index is 592. The summed E-state index contributed by atoms with van der Waals surface area (Å²) in [6.07, 6.45) is -1.48. The number of aliphatic carboxylic acids is 2. The molecule has 0 aromatic heterocycles. The molecule has 2 fully saturated rings. The van der Waals surface area contributed by atoms with Crippen LogP contribution in [0.5, 0.6) is 0 Å². The molecule has 2 aliphatic rings. The number of nitrogens with one attached hydrogen (secondary N) is 1. The molecule has 0 heterocycles. The molecule has 2 saturated carbocycles. The van der Waals surface area contributed by atoms with E-state index in [1.165, 1.54) is 0 Å². The third-order valence-electron chi connectivity index (χ3n) is 5.87. The highest BCUT2D eigenvalue weighted by atomic mass is 16.6. The Hall–Kier alpha value is -1.83. The van der Waals surface area contributed by atoms with Gasteiger partial charge in [0.15, 0.2) is 5.54 Å². The number of hydrogen-bond donors (Lipinski definition) is 4. The molecule has 8 heteroatoms. The van der Waals surface area contributed by atoms with Gasteiger partial charge in [-0.15, -0.1) is 0 Å². The average Bonchev–Trinajstić information content (AvgIpc) is 3.16. The quantitative estimate of drug-likeness (QED) is 0.585. The number of aliphatic hydroxyl groups is 1. The molecule has 0 bridgehead atoms. The van der Waals surface area contributed by atoms with Crippen molar-refractivity contribution in [1.29, 1.82) is 0 Å². The van der Waals surface area contributed by atoms with Crippen LogP contribution in [-0.2, 0) is 14.3 Å². The first-order chi connectivity index (χ1) is 11.4. The number of alkyl carbamates (subject to hydrolysis) is 1. The lowest BCUT2D eigenvalue weighted by Gasteiger charge is -2.47. The maximum Gasteiger partial charge on any atom is 0.408 e. The number of hydrogen-bond acceptors (Lipinski definition) is 5. The summed E-state index contributed by atoms with van der Waals surface area (Å²) in [5.74, 6) is -5.05. The van der Waals surface area contributed by atoms with Gasteiger partial charge in [0.05, 0.1) is 12.0 Å². The highest BCUT2D eigenvalue weighted by molar-refractivity contribution is 5.90. The molecule has 0 spiro atoms. The molecule has 0 aromatic carbocycles. The number of rotatable bonds is 5. The molecule has 2 aliphatic carbocycles. The van der Waals surface area contributed by atoms with Crippen molar-refractivity contribution >= 4 is 18.0 Å². The first kappa shape index (κ1) is 19.5. The lowest BCUT2D eigenvalue weighted by molar-refractivity contribution is -0.159. The molecule has 25 heavy (non-hydrogen) atoms. The van der Waals surface area contributed by atoms with E-state index in [1.54, 1.807) is 34.6 Å². The summed E-state index contributed by atoms with van der Waals surface area (Å²) in [6, 6.07) is 0. The third kappa shape index (κ3) is 2.58. The second kappa shape index (κ2) is 5.86. The van der Waals surface area contributed by atoms with Gasteiger partial charge in [0.2, 0.25) is 0 Å². The van der Waals surface area contributed by atoms with Gasteiger partial charge in [-0.2, -0.15) is 0 Å². The summed E-state index contributed by atoms with van der Waals surface area (Å²) in [5, 5.41) is 32.7. The van der Waals surface area contributed by atoms with E-state index < -0.39 is 58.4 Å². The van der Waals surface area contributed by atoms with E-state index in [4.69, 9.17) is 4.74 Å². The van der Waals surface area contributed by atoms with E-state index in [0.29, 0.717) is 0 Å². The summed E-state index contributed by atoms with van der Waals surface area (Å²) >= 11 is 0. The second-order valence-corrected chi connectivity index (χ2v) is 8.02. The number of carboxylic acids is 2. The number of amides is 1. The Balaban J connectivity index is 2.52. The van der Waals surface area contributed by atoms with Crippen molar-refractivity contribution in [2.24, 2.45) is 23.2 Å². The van der Waals surface area contributed by atoms with E-state index in [0.717, 1.165) is 0 Å². The first-order valence-corrected chi connectivity index (χ1v) is 8.55. The van der Waals surface area contributed by atoms with Gasteiger partial charge in [-0.05, 0) is 33.6 Å². The van der Waals surface area contributed by atoms with Crippen molar-refractivity contribution < 1.29 is 34.4 Å². The third-order valence-corrected chi connectivity index (χ3v) is 5.87. The van der Waals surface area contributed by atoms with Crippen LogP contribution in [0.4, 0.5) is 4.79 Å². The van der Waals surface area contributed by atoms with Gasteiger partial charge < -0.3 is 25.4 Å². The SMILES string of the molecule is CCC1(CC)[C@H](O)[C@@H]2[C@@H](C(=O)O)[C@H]2[C@@]1(NC(=O)OC(C)(C)C)C(=O)O. The maximum atomic E-state index is 12.4. The van der Waals surface area contributed by atoms with Crippen LogP contribution in [0.1, 0.15) is 47.5 Å². The van der Waals surface area contributed by atoms with Gasteiger partial charge >= 0.3 is 18.0 Å². The number of ether oxygens (including phenoxy) is 1. The Morgan fingerprint density at radius 1 is 1.12 bits per heavy atom. The van der Waals surface area contributed by atoms with Crippen molar-refractivity contribution in [2.45, 2.75) is 64.7 Å². The second-order valence-electron chi connectivity index (χ2n) is 8.02. The van der Waals surface area contributed by atoms with Gasteiger partial charge in [-0.25, -0.2) is 9.59 Å². The lowest BCUT2D eigenvalue weighted by Crippen LogP contribution is -2.68. The molecule has 8 nitrogen and oxygen atoms in total. The first-order valence-electron chi connectivity index (χ1n) is 8.55. The molecule has 0 aliphatic heterocycles. The zero-order valence-electron chi connectivity index (χ0n) is 15.2. The van der Waals surface area contributed by atoms with E-state index >= 15 is 0 Å². The van der Waals surface area contributed by atoms with E-state index in [2.05, 4.69) is 5.32 Å². The molecule has 0 saturated heterocycles. The van der Waals surface area contributed by atoms with E-state index in [1.807, 2.05) is 0 Å². The van der Waals surface area contributed by atoms with Crippen LogP contribution in [0.25, 0.3) is 0 Å². The molecule has 0 unspecified atom stereocenters. The standard InChI is InChI=1S/C17H27NO7/c1-6-16(7-2)11(19)8-9(12(20)21)10(8)17(16,13(22)23)18-14(24)25-15(3,4)5/h8-11,19H,6-7H2,1-5H3,(H,18,24)(H,20,21)(H,22,23)/t8-,9-,10+,11-,17-/m1/s1. The largest absolute Gasteiger partial charge is 0.481 e. The van der Waals surface area contributed by atoms with Crippen LogP contribution in [0.15, 0.2) is 0 Å². The van der Waals surface area contributed by atoms with E-state index in [-0.39, 0.29) is 12.8 Å². The van der Waals surface area contributed by atoms with Crippen LogP contribution in [0, 0.1) is 23.2 Å². The topological polar surface area (TPSA) is 133 Å². The van der Waals surface area contributed by atoms with Crippen molar-refractivity contribution in [2.75, 3.05) is 0 Å². The highest BCUT2D eigenvalue weighted by Gasteiger charge is 2.84. The Labute approximate surface area is 146 Å². The normalized spacial score (nSPS) is 35.6. The van der Waals surface area contributed by atoms with Crippen molar-refractivity contribution in [1.82, 2.24) is 5.32 Å².